The molecule has 1 aliphatic rings. The van der Waals surface area contributed by atoms with Crippen molar-refractivity contribution >= 4 is 6.47 Å². The van der Waals surface area contributed by atoms with Gasteiger partial charge in [-0.1, -0.05) is 19.3 Å². The van der Waals surface area contributed by atoms with Gasteiger partial charge in [-0.25, -0.2) is 0 Å². The van der Waals surface area contributed by atoms with Crippen molar-refractivity contribution in [2.24, 2.45) is 0 Å². The molecule has 0 saturated heterocycles. The molecule has 0 aromatic rings. The van der Waals surface area contributed by atoms with E-state index < -0.39 is 0 Å². The number of carbonyl (C=O) groups excluding carboxylic acids is 1. The van der Waals surface area contributed by atoms with Crippen molar-refractivity contribution in [3.05, 3.63) is 0 Å². The molecule has 0 bridgehead atoms. The van der Waals surface area contributed by atoms with E-state index >= 15 is 0 Å². The molecule has 0 radical (unpaired) electrons. The largest absolute Gasteiger partial charge is 0.471 e. The van der Waals surface area contributed by atoms with Gasteiger partial charge in [0.05, 0.1) is 13.2 Å². The van der Waals surface area contributed by atoms with E-state index in [1.807, 2.05) is 0 Å². The SMILES string of the molecule is COC=O.OC1CCCCC1. The number of methoxy groups -OCH3 is 1. The summed E-state index contributed by atoms with van der Waals surface area (Å²) in [6.07, 6.45) is 5.92. The maximum atomic E-state index is 8.95. The van der Waals surface area contributed by atoms with E-state index in [1.54, 1.807) is 0 Å². The smallest absolute Gasteiger partial charge is 0.292 e. The normalized spacial score (nSPS) is 18.0. The number of rotatable bonds is 1. The van der Waals surface area contributed by atoms with E-state index in [1.165, 1.54) is 26.4 Å². The van der Waals surface area contributed by atoms with E-state index in [4.69, 9.17) is 9.90 Å². The van der Waals surface area contributed by atoms with Gasteiger partial charge in [0, 0.05) is 0 Å². The molecule has 1 fully saturated rings. The zero-order valence-corrected chi connectivity index (χ0v) is 6.95. The lowest BCUT2D eigenvalue weighted by Gasteiger charge is -2.14. The van der Waals surface area contributed by atoms with E-state index in [-0.39, 0.29) is 6.10 Å². The topological polar surface area (TPSA) is 46.5 Å². The summed E-state index contributed by atoms with van der Waals surface area (Å²) in [4.78, 5) is 8.95. The fraction of sp³-hybridized carbons (Fsp3) is 0.875. The Balaban J connectivity index is 0.000000218. The molecule has 0 unspecified atom stereocenters. The van der Waals surface area contributed by atoms with Gasteiger partial charge in [-0.2, -0.15) is 0 Å². The summed E-state index contributed by atoms with van der Waals surface area (Å²) in [5, 5.41) is 8.91. The molecule has 0 amide bonds. The van der Waals surface area contributed by atoms with Crippen LogP contribution in [-0.2, 0) is 9.53 Å². The number of hydrogen-bond donors (Lipinski definition) is 1. The first kappa shape index (κ1) is 10.4. The lowest BCUT2D eigenvalue weighted by molar-refractivity contribution is -0.126. The predicted molar refractivity (Wildman–Crippen MR) is 42.2 cm³/mol. The Labute approximate surface area is 67.4 Å². The zero-order chi connectivity index (χ0) is 8.53. The molecule has 0 atom stereocenters. The van der Waals surface area contributed by atoms with Gasteiger partial charge >= 0.3 is 0 Å². The van der Waals surface area contributed by atoms with Crippen molar-refractivity contribution in [3.63, 3.8) is 0 Å². The molecule has 3 nitrogen and oxygen atoms in total. The molecule has 0 aromatic carbocycles. The average molecular weight is 160 g/mol. The van der Waals surface area contributed by atoms with Crippen molar-refractivity contribution in [2.45, 2.75) is 38.2 Å². The minimum Gasteiger partial charge on any atom is -0.471 e. The maximum absolute atomic E-state index is 8.95. The van der Waals surface area contributed by atoms with Crippen LogP contribution < -0.4 is 0 Å². The van der Waals surface area contributed by atoms with Crippen molar-refractivity contribution < 1.29 is 14.6 Å². The van der Waals surface area contributed by atoms with Crippen LogP contribution >= 0.6 is 0 Å². The highest BCUT2D eigenvalue weighted by Gasteiger charge is 2.07. The van der Waals surface area contributed by atoms with E-state index in [9.17, 15) is 0 Å². The monoisotopic (exact) mass is 160 g/mol. The van der Waals surface area contributed by atoms with Crippen LogP contribution in [0.15, 0.2) is 0 Å². The number of aliphatic hydroxyl groups is 1. The van der Waals surface area contributed by atoms with E-state index in [2.05, 4.69) is 4.74 Å². The van der Waals surface area contributed by atoms with E-state index in [0.29, 0.717) is 6.47 Å². The van der Waals surface area contributed by atoms with Gasteiger partial charge < -0.3 is 9.84 Å². The molecule has 1 saturated carbocycles. The molecule has 0 heterocycles. The van der Waals surface area contributed by atoms with Gasteiger partial charge in [0.1, 0.15) is 0 Å². The van der Waals surface area contributed by atoms with Gasteiger partial charge in [0.25, 0.3) is 6.47 Å². The molecule has 1 N–H and O–H groups in total. The Morgan fingerprint density at radius 1 is 1.36 bits per heavy atom. The van der Waals surface area contributed by atoms with Gasteiger partial charge in [-0.3, -0.25) is 4.79 Å². The van der Waals surface area contributed by atoms with Crippen LogP contribution in [0.5, 0.6) is 0 Å². The van der Waals surface area contributed by atoms with Crippen LogP contribution in [0.3, 0.4) is 0 Å². The lowest BCUT2D eigenvalue weighted by Crippen LogP contribution is -2.09. The molecule has 1 aliphatic carbocycles. The highest BCUT2D eigenvalue weighted by Crippen LogP contribution is 2.16. The van der Waals surface area contributed by atoms with Crippen LogP contribution in [0.4, 0.5) is 0 Å². The summed E-state index contributed by atoms with van der Waals surface area (Å²) in [7, 11) is 1.31. The first-order chi connectivity index (χ1) is 5.31. The Kier molecular flexibility index (Phi) is 7.15. The summed E-state index contributed by atoms with van der Waals surface area (Å²) < 4.78 is 3.86. The quantitative estimate of drug-likeness (QED) is 0.584. The molecule has 3 heteroatoms. The van der Waals surface area contributed by atoms with E-state index in [0.717, 1.165) is 12.8 Å². The summed E-state index contributed by atoms with van der Waals surface area (Å²) in [6, 6.07) is 0. The van der Waals surface area contributed by atoms with Crippen molar-refractivity contribution in [2.75, 3.05) is 7.11 Å². The molecular formula is C8H16O3. The van der Waals surface area contributed by atoms with Gasteiger partial charge in [-0.05, 0) is 12.8 Å². The molecule has 1 rings (SSSR count). The minimum absolute atomic E-state index is 0.0359. The predicted octanol–water partition coefficient (Wildman–Crippen LogP) is 1.10. The Hall–Kier alpha value is -0.570. The molecule has 11 heavy (non-hydrogen) atoms. The molecule has 0 aromatic heterocycles. The van der Waals surface area contributed by atoms with Crippen LogP contribution in [-0.4, -0.2) is 24.8 Å². The van der Waals surface area contributed by atoms with Crippen molar-refractivity contribution in [3.8, 4) is 0 Å². The maximum Gasteiger partial charge on any atom is 0.292 e. The second kappa shape index (κ2) is 7.54. The first-order valence-electron chi connectivity index (χ1n) is 3.95. The van der Waals surface area contributed by atoms with Crippen molar-refractivity contribution in [1.82, 2.24) is 0 Å². The fourth-order valence-corrected chi connectivity index (χ4v) is 1.08. The Bertz CT molecular complexity index is 87.3. The molecular weight excluding hydrogens is 144 g/mol. The highest BCUT2D eigenvalue weighted by molar-refractivity contribution is 5.36. The third-order valence-corrected chi connectivity index (χ3v) is 1.67. The number of ether oxygens (including phenoxy) is 1. The Morgan fingerprint density at radius 2 is 1.82 bits per heavy atom. The number of aliphatic hydroxyl groups excluding tert-OH is 1. The number of carbonyl (C=O) groups is 1. The number of hydrogen-bond acceptors (Lipinski definition) is 3. The fourth-order valence-electron chi connectivity index (χ4n) is 1.08. The van der Waals surface area contributed by atoms with Crippen LogP contribution in [0.25, 0.3) is 0 Å². The minimum atomic E-state index is 0.0359. The molecule has 0 spiro atoms. The van der Waals surface area contributed by atoms with Crippen LogP contribution in [0.2, 0.25) is 0 Å². The summed E-state index contributed by atoms with van der Waals surface area (Å²) in [5.41, 5.74) is 0. The van der Waals surface area contributed by atoms with Crippen LogP contribution in [0, 0.1) is 0 Å². The van der Waals surface area contributed by atoms with Crippen LogP contribution in [0.1, 0.15) is 32.1 Å². The van der Waals surface area contributed by atoms with Gasteiger partial charge in [0.2, 0.25) is 0 Å². The second-order valence-corrected chi connectivity index (χ2v) is 2.62. The first-order valence-corrected chi connectivity index (χ1v) is 3.95. The summed E-state index contributed by atoms with van der Waals surface area (Å²) >= 11 is 0. The molecule has 66 valence electrons. The summed E-state index contributed by atoms with van der Waals surface area (Å²) in [5.74, 6) is 0. The van der Waals surface area contributed by atoms with Gasteiger partial charge in [-0.15, -0.1) is 0 Å². The standard InChI is InChI=1S/C6H12O.C2H4O2/c7-6-4-2-1-3-5-6;1-4-2-3/h6-7H,1-5H2;2H,1H3. The third kappa shape index (κ3) is 7.33. The highest BCUT2D eigenvalue weighted by atomic mass is 16.5. The average Bonchev–Trinajstić information content (AvgIpc) is 2.07. The molecule has 0 aliphatic heterocycles. The second-order valence-electron chi connectivity index (χ2n) is 2.62. The Morgan fingerprint density at radius 3 is 2.00 bits per heavy atom. The van der Waals surface area contributed by atoms with Crippen molar-refractivity contribution in [1.29, 1.82) is 0 Å². The third-order valence-electron chi connectivity index (χ3n) is 1.67. The van der Waals surface area contributed by atoms with Gasteiger partial charge in [0.15, 0.2) is 0 Å². The summed E-state index contributed by atoms with van der Waals surface area (Å²) in [6.45, 7) is 0.375. The zero-order valence-electron chi connectivity index (χ0n) is 6.95. The lowest BCUT2D eigenvalue weighted by atomic mass is 9.98.